The van der Waals surface area contributed by atoms with Gasteiger partial charge in [-0.1, -0.05) is 6.92 Å². The van der Waals surface area contributed by atoms with Crippen LogP contribution < -0.4 is 0 Å². The molecule has 1 fully saturated rings. The molecule has 0 N–H and O–H groups in total. The summed E-state index contributed by atoms with van der Waals surface area (Å²) in [5.74, 6) is -0.149. The maximum atomic E-state index is 11.2. The zero-order valence-corrected chi connectivity index (χ0v) is 10.2. The smallest absolute Gasteiger partial charge is 0.309 e. The molecular weight excluding hydrogens is 208 g/mol. The topological polar surface area (TPSA) is 49.9 Å². The number of ether oxygens (including phenoxy) is 1. The van der Waals surface area contributed by atoms with E-state index in [0.717, 1.165) is 26.2 Å². The largest absolute Gasteiger partial charge is 0.469 e. The number of hydrogen-bond acceptors (Lipinski definition) is 4. The van der Waals surface area contributed by atoms with Crippen LogP contribution in [0.4, 0.5) is 0 Å². The van der Waals surface area contributed by atoms with Crippen LogP contribution >= 0.6 is 0 Å². The van der Waals surface area contributed by atoms with Crippen molar-refractivity contribution >= 4 is 11.9 Å². The van der Waals surface area contributed by atoms with Crippen molar-refractivity contribution < 1.29 is 14.3 Å². The molecule has 1 rings (SSSR count). The number of rotatable bonds is 3. The highest BCUT2D eigenvalue weighted by atomic mass is 16.5. The third-order valence-corrected chi connectivity index (χ3v) is 2.95. The van der Waals surface area contributed by atoms with E-state index in [1.165, 1.54) is 7.11 Å². The third kappa shape index (κ3) is 3.48. The molecule has 5 nitrogen and oxygen atoms in total. The monoisotopic (exact) mass is 228 g/mol. The van der Waals surface area contributed by atoms with Crippen LogP contribution in [0, 0.1) is 5.92 Å². The first-order valence-corrected chi connectivity index (χ1v) is 5.60. The molecule has 5 heteroatoms. The van der Waals surface area contributed by atoms with Crippen molar-refractivity contribution in [3.63, 3.8) is 0 Å². The summed E-state index contributed by atoms with van der Waals surface area (Å²) in [6, 6.07) is 0. The van der Waals surface area contributed by atoms with Gasteiger partial charge in [-0.25, -0.2) is 0 Å². The lowest BCUT2D eigenvalue weighted by Crippen LogP contribution is -2.49. The first kappa shape index (κ1) is 13.0. The average Bonchev–Trinajstić information content (AvgIpc) is 2.28. The van der Waals surface area contributed by atoms with Crippen LogP contribution in [0.15, 0.2) is 0 Å². The van der Waals surface area contributed by atoms with Gasteiger partial charge in [0.2, 0.25) is 5.91 Å². The van der Waals surface area contributed by atoms with Gasteiger partial charge in [0.15, 0.2) is 0 Å². The highest BCUT2D eigenvalue weighted by Gasteiger charge is 2.22. The summed E-state index contributed by atoms with van der Waals surface area (Å²) >= 11 is 0. The zero-order chi connectivity index (χ0) is 12.1. The highest BCUT2D eigenvalue weighted by molar-refractivity contribution is 5.73. The van der Waals surface area contributed by atoms with Gasteiger partial charge < -0.3 is 9.64 Å². The van der Waals surface area contributed by atoms with Gasteiger partial charge in [-0.05, 0) is 0 Å². The fourth-order valence-corrected chi connectivity index (χ4v) is 1.91. The van der Waals surface area contributed by atoms with Crippen molar-refractivity contribution in [2.45, 2.75) is 13.8 Å². The van der Waals surface area contributed by atoms with Gasteiger partial charge in [0.05, 0.1) is 13.0 Å². The minimum atomic E-state index is -0.172. The Morgan fingerprint density at radius 3 is 2.25 bits per heavy atom. The van der Waals surface area contributed by atoms with Gasteiger partial charge in [-0.15, -0.1) is 0 Å². The minimum absolute atomic E-state index is 0.103. The van der Waals surface area contributed by atoms with E-state index in [1.54, 1.807) is 6.92 Å². The first-order valence-electron chi connectivity index (χ1n) is 5.60. The Balaban J connectivity index is 2.32. The van der Waals surface area contributed by atoms with Gasteiger partial charge in [0.25, 0.3) is 0 Å². The second-order valence-corrected chi connectivity index (χ2v) is 4.23. The Bertz CT molecular complexity index is 260. The summed E-state index contributed by atoms with van der Waals surface area (Å²) in [5.41, 5.74) is 0. The Kier molecular flexibility index (Phi) is 4.73. The summed E-state index contributed by atoms with van der Waals surface area (Å²) in [7, 11) is 1.41. The van der Waals surface area contributed by atoms with Crippen LogP contribution in [0.2, 0.25) is 0 Å². The molecule has 1 atom stereocenters. The van der Waals surface area contributed by atoms with Gasteiger partial charge in [0.1, 0.15) is 0 Å². The number of hydrogen-bond donors (Lipinski definition) is 0. The van der Waals surface area contributed by atoms with Crippen LogP contribution in [0.3, 0.4) is 0 Å². The standard InChI is InChI=1S/C11H20N2O3/c1-9(11(15)16-3)8-12-4-6-13(7-5-12)10(2)14/h9H,4-8H2,1-3H3/t9-/m1/s1. The van der Waals surface area contributed by atoms with Crippen molar-refractivity contribution in [1.29, 1.82) is 0 Å². The van der Waals surface area contributed by atoms with Crippen molar-refractivity contribution in [1.82, 2.24) is 9.80 Å². The fraction of sp³-hybridized carbons (Fsp3) is 0.818. The molecule has 0 aliphatic carbocycles. The molecule has 0 saturated carbocycles. The number of piperazine rings is 1. The predicted octanol–water partition coefficient (Wildman–Crippen LogP) is -0.0404. The fourth-order valence-electron chi connectivity index (χ4n) is 1.91. The molecule has 16 heavy (non-hydrogen) atoms. The molecule has 0 bridgehead atoms. The molecule has 1 aliphatic heterocycles. The van der Waals surface area contributed by atoms with Crippen molar-refractivity contribution in [2.24, 2.45) is 5.92 Å². The van der Waals surface area contributed by atoms with Crippen LogP contribution in [0.25, 0.3) is 0 Å². The molecular formula is C11H20N2O3. The van der Waals surface area contributed by atoms with Crippen LogP contribution in [0.1, 0.15) is 13.8 Å². The van der Waals surface area contributed by atoms with Gasteiger partial charge >= 0.3 is 5.97 Å². The predicted molar refractivity (Wildman–Crippen MR) is 59.9 cm³/mol. The average molecular weight is 228 g/mol. The summed E-state index contributed by atoms with van der Waals surface area (Å²) < 4.78 is 4.68. The summed E-state index contributed by atoms with van der Waals surface area (Å²) in [5, 5.41) is 0. The molecule has 1 saturated heterocycles. The number of methoxy groups -OCH3 is 1. The van der Waals surface area contributed by atoms with Crippen LogP contribution in [-0.4, -0.2) is 61.5 Å². The molecule has 0 spiro atoms. The molecule has 0 aromatic rings. The van der Waals surface area contributed by atoms with E-state index >= 15 is 0 Å². The third-order valence-electron chi connectivity index (χ3n) is 2.95. The quantitative estimate of drug-likeness (QED) is 0.636. The summed E-state index contributed by atoms with van der Waals surface area (Å²) in [4.78, 5) is 26.4. The Morgan fingerprint density at radius 1 is 1.25 bits per heavy atom. The van der Waals surface area contributed by atoms with Crippen molar-refractivity contribution in [2.75, 3.05) is 39.8 Å². The molecule has 1 amide bonds. The van der Waals surface area contributed by atoms with E-state index in [-0.39, 0.29) is 17.8 Å². The van der Waals surface area contributed by atoms with E-state index in [4.69, 9.17) is 0 Å². The Labute approximate surface area is 96.3 Å². The molecule has 0 aromatic carbocycles. The lowest BCUT2D eigenvalue weighted by Gasteiger charge is -2.35. The first-order chi connectivity index (χ1) is 7.54. The number of esters is 1. The van der Waals surface area contributed by atoms with E-state index in [2.05, 4.69) is 9.64 Å². The zero-order valence-electron chi connectivity index (χ0n) is 10.2. The second-order valence-electron chi connectivity index (χ2n) is 4.23. The van der Waals surface area contributed by atoms with E-state index in [1.807, 2.05) is 11.8 Å². The lowest BCUT2D eigenvalue weighted by atomic mass is 10.1. The maximum absolute atomic E-state index is 11.2. The number of carbonyl (C=O) groups excluding carboxylic acids is 2. The molecule has 92 valence electrons. The van der Waals surface area contributed by atoms with Crippen LogP contribution in [0.5, 0.6) is 0 Å². The van der Waals surface area contributed by atoms with Gasteiger partial charge in [0, 0.05) is 39.6 Å². The van der Waals surface area contributed by atoms with E-state index in [0.29, 0.717) is 6.54 Å². The molecule has 0 radical (unpaired) electrons. The maximum Gasteiger partial charge on any atom is 0.309 e. The number of amides is 1. The Morgan fingerprint density at radius 2 is 1.81 bits per heavy atom. The van der Waals surface area contributed by atoms with Gasteiger partial charge in [-0.3, -0.25) is 14.5 Å². The Hall–Kier alpha value is -1.10. The van der Waals surface area contributed by atoms with Crippen LogP contribution in [-0.2, 0) is 14.3 Å². The second kappa shape index (κ2) is 5.84. The van der Waals surface area contributed by atoms with E-state index in [9.17, 15) is 9.59 Å². The minimum Gasteiger partial charge on any atom is -0.469 e. The van der Waals surface area contributed by atoms with Gasteiger partial charge in [-0.2, -0.15) is 0 Å². The normalized spacial score (nSPS) is 19.3. The highest BCUT2D eigenvalue weighted by Crippen LogP contribution is 2.06. The van der Waals surface area contributed by atoms with Crippen molar-refractivity contribution in [3.05, 3.63) is 0 Å². The lowest BCUT2D eigenvalue weighted by molar-refractivity contribution is -0.146. The van der Waals surface area contributed by atoms with E-state index < -0.39 is 0 Å². The number of nitrogens with zero attached hydrogens (tertiary/aromatic N) is 2. The number of carbonyl (C=O) groups is 2. The molecule has 1 heterocycles. The molecule has 0 unspecified atom stereocenters. The molecule has 1 aliphatic rings. The summed E-state index contributed by atoms with van der Waals surface area (Å²) in [6.45, 7) is 7.34. The SMILES string of the molecule is COC(=O)[C@H](C)CN1CCN(C(C)=O)CC1. The molecule has 0 aromatic heterocycles. The van der Waals surface area contributed by atoms with Crippen molar-refractivity contribution in [3.8, 4) is 0 Å². The summed E-state index contributed by atoms with van der Waals surface area (Å²) in [6.07, 6.45) is 0.